The zero-order chi connectivity index (χ0) is 11.4. The van der Waals surface area contributed by atoms with Crippen molar-refractivity contribution in [1.82, 2.24) is 5.43 Å². The topological polar surface area (TPSA) is 50.4 Å². The number of halogens is 1. The zero-order valence-corrected chi connectivity index (χ0v) is 10.8. The van der Waals surface area contributed by atoms with Gasteiger partial charge in [-0.15, -0.1) is 0 Å². The highest BCUT2D eigenvalue weighted by atomic mass is 79.9. The fraction of sp³-hybridized carbons (Fsp3) is 0.364. The van der Waals surface area contributed by atoms with Gasteiger partial charge < -0.3 is 5.43 Å². The van der Waals surface area contributed by atoms with Gasteiger partial charge in [-0.1, -0.05) is 22.0 Å². The van der Waals surface area contributed by atoms with E-state index in [0.29, 0.717) is 0 Å². The summed E-state index contributed by atoms with van der Waals surface area (Å²) in [5.41, 5.74) is 4.82. The van der Waals surface area contributed by atoms with Crippen LogP contribution in [0.5, 0.6) is 0 Å². The van der Waals surface area contributed by atoms with E-state index in [9.17, 15) is 0 Å². The fourth-order valence-electron chi connectivity index (χ4n) is 1.29. The molecule has 82 valence electrons. The first-order chi connectivity index (χ1) is 7.04. The third kappa shape index (κ3) is 3.32. The number of aliphatic imine (C=N–C) groups is 1. The first kappa shape index (κ1) is 12.2. The summed E-state index contributed by atoms with van der Waals surface area (Å²) < 4.78 is 1.02. The molecule has 0 unspecified atom stereocenters. The Labute approximate surface area is 98.9 Å². The van der Waals surface area contributed by atoms with E-state index in [-0.39, 0.29) is 6.04 Å². The number of rotatable bonds is 2. The minimum absolute atomic E-state index is 0.217. The van der Waals surface area contributed by atoms with Crippen LogP contribution in [0.25, 0.3) is 0 Å². The Kier molecular flexibility index (Phi) is 4.29. The summed E-state index contributed by atoms with van der Waals surface area (Å²) in [6.45, 7) is 6.07. The molecule has 1 rings (SSSR count). The molecule has 0 spiro atoms. The van der Waals surface area contributed by atoms with Crippen LogP contribution in [-0.4, -0.2) is 11.9 Å². The second kappa shape index (κ2) is 5.28. The summed E-state index contributed by atoms with van der Waals surface area (Å²) in [4.78, 5) is 4.43. The van der Waals surface area contributed by atoms with Crippen molar-refractivity contribution in [3.63, 3.8) is 0 Å². The first-order valence-electron chi connectivity index (χ1n) is 4.85. The van der Waals surface area contributed by atoms with Crippen molar-refractivity contribution in [3.05, 3.63) is 33.8 Å². The van der Waals surface area contributed by atoms with Gasteiger partial charge in [0, 0.05) is 16.1 Å². The van der Waals surface area contributed by atoms with Crippen LogP contribution in [-0.2, 0) is 0 Å². The lowest BCUT2D eigenvalue weighted by Gasteiger charge is -2.10. The lowest BCUT2D eigenvalue weighted by atomic mass is 10.1. The summed E-state index contributed by atoms with van der Waals surface area (Å²) in [5.74, 6) is 6.20. The van der Waals surface area contributed by atoms with E-state index in [1.807, 2.05) is 39.0 Å². The maximum absolute atomic E-state index is 5.48. The summed E-state index contributed by atoms with van der Waals surface area (Å²) in [7, 11) is 0. The predicted octanol–water partition coefficient (Wildman–Crippen LogP) is 2.38. The lowest BCUT2D eigenvalue weighted by Crippen LogP contribution is -2.32. The van der Waals surface area contributed by atoms with Gasteiger partial charge in [-0.05, 0) is 38.5 Å². The number of amidine groups is 1. The molecule has 0 heterocycles. The van der Waals surface area contributed by atoms with Gasteiger partial charge in [-0.2, -0.15) is 0 Å². The summed E-state index contributed by atoms with van der Waals surface area (Å²) in [6.07, 6.45) is 0. The quantitative estimate of drug-likeness (QED) is 0.375. The highest BCUT2D eigenvalue weighted by molar-refractivity contribution is 9.10. The van der Waals surface area contributed by atoms with Gasteiger partial charge in [-0.3, -0.25) is 4.99 Å². The fourth-order valence-corrected chi connectivity index (χ4v) is 1.65. The van der Waals surface area contributed by atoms with Crippen molar-refractivity contribution in [2.75, 3.05) is 0 Å². The van der Waals surface area contributed by atoms with Crippen LogP contribution in [0.15, 0.2) is 27.7 Å². The van der Waals surface area contributed by atoms with Gasteiger partial charge in [-0.25, -0.2) is 5.84 Å². The maximum Gasteiger partial charge on any atom is 0.143 e. The van der Waals surface area contributed by atoms with Crippen LogP contribution in [0.4, 0.5) is 0 Å². The predicted molar refractivity (Wildman–Crippen MR) is 67.9 cm³/mol. The molecule has 0 aliphatic rings. The second-order valence-corrected chi connectivity index (χ2v) is 4.59. The molecule has 1 aromatic carbocycles. The standard InChI is InChI=1S/C11H16BrN3/c1-7(2)14-11(15-13)10-6-9(12)5-4-8(10)3/h4-7H,13H2,1-3H3,(H,14,15). The van der Waals surface area contributed by atoms with Crippen LogP contribution in [0.3, 0.4) is 0 Å². The van der Waals surface area contributed by atoms with Gasteiger partial charge in [0.05, 0.1) is 0 Å². The average Bonchev–Trinajstić information content (AvgIpc) is 2.18. The normalized spacial score (nSPS) is 12.0. The van der Waals surface area contributed by atoms with Crippen molar-refractivity contribution < 1.29 is 0 Å². The number of hydrogen-bond acceptors (Lipinski definition) is 2. The molecule has 0 aromatic heterocycles. The monoisotopic (exact) mass is 269 g/mol. The van der Waals surface area contributed by atoms with E-state index in [2.05, 4.69) is 26.3 Å². The van der Waals surface area contributed by atoms with E-state index in [0.717, 1.165) is 21.4 Å². The highest BCUT2D eigenvalue weighted by Gasteiger charge is 2.06. The molecule has 0 fully saturated rings. The molecule has 3 nitrogen and oxygen atoms in total. The number of nitrogens with one attached hydrogen (secondary N) is 1. The molecule has 0 amide bonds. The van der Waals surface area contributed by atoms with Crippen molar-refractivity contribution in [2.45, 2.75) is 26.8 Å². The largest absolute Gasteiger partial charge is 0.308 e. The molecule has 1 aromatic rings. The van der Waals surface area contributed by atoms with Crippen LogP contribution in [0.1, 0.15) is 25.0 Å². The second-order valence-electron chi connectivity index (χ2n) is 3.68. The number of benzene rings is 1. The summed E-state index contributed by atoms with van der Waals surface area (Å²) in [6, 6.07) is 6.26. The zero-order valence-electron chi connectivity index (χ0n) is 9.21. The highest BCUT2D eigenvalue weighted by Crippen LogP contribution is 2.16. The van der Waals surface area contributed by atoms with Crippen molar-refractivity contribution in [3.8, 4) is 0 Å². The molecule has 0 saturated heterocycles. The third-order valence-corrected chi connectivity index (χ3v) is 2.47. The average molecular weight is 270 g/mol. The van der Waals surface area contributed by atoms with Crippen molar-refractivity contribution >= 4 is 21.8 Å². The van der Waals surface area contributed by atoms with Gasteiger partial charge in [0.25, 0.3) is 0 Å². The van der Waals surface area contributed by atoms with Crippen LogP contribution >= 0.6 is 15.9 Å². The van der Waals surface area contributed by atoms with Crippen molar-refractivity contribution in [1.29, 1.82) is 0 Å². The molecule has 0 bridgehead atoms. The van der Waals surface area contributed by atoms with E-state index in [1.165, 1.54) is 0 Å². The first-order valence-corrected chi connectivity index (χ1v) is 5.65. The number of aryl methyl sites for hydroxylation is 1. The molecule has 3 N–H and O–H groups in total. The summed E-state index contributed by atoms with van der Waals surface area (Å²) in [5, 5.41) is 0. The van der Waals surface area contributed by atoms with Gasteiger partial charge in [0.15, 0.2) is 0 Å². The molecule has 0 radical (unpaired) electrons. The van der Waals surface area contributed by atoms with E-state index < -0.39 is 0 Å². The Morgan fingerprint density at radius 2 is 2.13 bits per heavy atom. The van der Waals surface area contributed by atoms with Crippen LogP contribution in [0.2, 0.25) is 0 Å². The molecular weight excluding hydrogens is 254 g/mol. The smallest absolute Gasteiger partial charge is 0.143 e. The molecule has 0 atom stereocenters. The Hall–Kier alpha value is -0.870. The number of hydrogen-bond donors (Lipinski definition) is 2. The Balaban J connectivity index is 3.17. The lowest BCUT2D eigenvalue weighted by molar-refractivity contribution is 0.820. The van der Waals surface area contributed by atoms with E-state index in [1.54, 1.807) is 0 Å². The van der Waals surface area contributed by atoms with Gasteiger partial charge >= 0.3 is 0 Å². The number of nitrogens with two attached hydrogens (primary N) is 1. The SMILES string of the molecule is Cc1ccc(Br)cc1C(=NC(C)C)NN. The number of nitrogens with zero attached hydrogens (tertiary/aromatic N) is 1. The molecule has 0 aliphatic carbocycles. The molecule has 15 heavy (non-hydrogen) atoms. The van der Waals surface area contributed by atoms with Crippen LogP contribution < -0.4 is 11.3 Å². The minimum atomic E-state index is 0.217. The Bertz CT molecular complexity index is 372. The molecule has 0 aliphatic heterocycles. The maximum atomic E-state index is 5.48. The van der Waals surface area contributed by atoms with Gasteiger partial charge in [0.1, 0.15) is 5.84 Å². The minimum Gasteiger partial charge on any atom is -0.308 e. The molecule has 4 heteroatoms. The molecular formula is C11H16BrN3. The van der Waals surface area contributed by atoms with Gasteiger partial charge in [0.2, 0.25) is 0 Å². The Morgan fingerprint density at radius 3 is 2.67 bits per heavy atom. The third-order valence-electron chi connectivity index (χ3n) is 1.98. The van der Waals surface area contributed by atoms with Crippen molar-refractivity contribution in [2.24, 2.45) is 10.8 Å². The van der Waals surface area contributed by atoms with Crippen LogP contribution in [0, 0.1) is 6.92 Å². The van der Waals surface area contributed by atoms with E-state index in [4.69, 9.17) is 5.84 Å². The molecule has 0 saturated carbocycles. The Morgan fingerprint density at radius 1 is 1.47 bits per heavy atom. The van der Waals surface area contributed by atoms with E-state index >= 15 is 0 Å². The summed E-state index contributed by atoms with van der Waals surface area (Å²) >= 11 is 3.44. The number of hydrazine groups is 1.